The van der Waals surface area contributed by atoms with Gasteiger partial charge in [-0.2, -0.15) is 18.0 Å². The lowest BCUT2D eigenvalue weighted by molar-refractivity contribution is 0.355. The fraction of sp³-hybridized carbons (Fsp3) is 0.217. The van der Waals surface area contributed by atoms with Gasteiger partial charge < -0.3 is 19.0 Å². The molecule has 0 radical (unpaired) electrons. The van der Waals surface area contributed by atoms with E-state index in [1.165, 1.54) is 12.1 Å². The van der Waals surface area contributed by atoms with Gasteiger partial charge in [0.25, 0.3) is 0 Å². The van der Waals surface area contributed by atoms with Crippen LogP contribution in [0.15, 0.2) is 48.5 Å². The average molecular weight is 487 g/mol. The molecule has 0 unspecified atom stereocenters. The van der Waals surface area contributed by atoms with E-state index in [1.54, 1.807) is 30.9 Å². The van der Waals surface area contributed by atoms with Gasteiger partial charge in [-0.05, 0) is 49.2 Å². The third kappa shape index (κ3) is 4.88. The molecular formula is C23H23FN4O5S. The minimum absolute atomic E-state index is 0.101. The number of anilines is 1. The van der Waals surface area contributed by atoms with E-state index >= 15 is 0 Å². The summed E-state index contributed by atoms with van der Waals surface area (Å²) in [5.41, 5.74) is 4.88. The number of nitrogens with one attached hydrogen (secondary N) is 1. The fourth-order valence-electron chi connectivity index (χ4n) is 3.67. The number of benzene rings is 2. The number of aromatic nitrogens is 3. The second-order valence-electron chi connectivity index (χ2n) is 7.52. The van der Waals surface area contributed by atoms with Crippen LogP contribution in [0.2, 0.25) is 0 Å². The molecule has 34 heavy (non-hydrogen) atoms. The number of hydrogen-bond acceptors (Lipinski definition) is 8. The largest absolute Gasteiger partial charge is 0.493 e. The number of fused-ring (bicyclic) bond motifs is 1. The van der Waals surface area contributed by atoms with Crippen LogP contribution in [0.4, 0.5) is 9.70 Å². The topological polar surface area (TPSA) is 104 Å². The molecular weight excluding hydrogens is 463 g/mol. The predicted molar refractivity (Wildman–Crippen MR) is 125 cm³/mol. The molecule has 4 aromatic rings. The van der Waals surface area contributed by atoms with E-state index in [9.17, 15) is 12.3 Å². The second-order valence-corrected chi connectivity index (χ2v) is 8.48. The molecule has 0 aliphatic rings. The van der Waals surface area contributed by atoms with Gasteiger partial charge in [0.05, 0.1) is 19.9 Å². The van der Waals surface area contributed by atoms with E-state index in [0.29, 0.717) is 23.7 Å². The zero-order valence-electron chi connectivity index (χ0n) is 19.0. The molecule has 4 rings (SSSR count). The van der Waals surface area contributed by atoms with Crippen molar-refractivity contribution < 1.29 is 26.0 Å². The van der Waals surface area contributed by atoms with Crippen molar-refractivity contribution in [3.05, 3.63) is 65.5 Å². The van der Waals surface area contributed by atoms with E-state index in [-0.39, 0.29) is 5.75 Å². The van der Waals surface area contributed by atoms with Crippen molar-refractivity contribution >= 4 is 22.0 Å². The summed E-state index contributed by atoms with van der Waals surface area (Å²) >= 11 is 0. The van der Waals surface area contributed by atoms with Gasteiger partial charge in [-0.3, -0.25) is 0 Å². The normalized spacial score (nSPS) is 11.4. The molecule has 2 aromatic carbocycles. The number of methoxy groups -OCH3 is 2. The highest BCUT2D eigenvalue weighted by molar-refractivity contribution is 7.81. The highest BCUT2D eigenvalue weighted by atomic mass is 32.3. The molecule has 0 fully saturated rings. The summed E-state index contributed by atoms with van der Waals surface area (Å²) in [6.45, 7) is 4.22. The first-order valence-corrected chi connectivity index (χ1v) is 11.6. The first kappa shape index (κ1) is 23.3. The number of nitrogens with zero attached hydrogens (tertiary/aromatic N) is 3. The van der Waals surface area contributed by atoms with Gasteiger partial charge in [0.15, 0.2) is 17.1 Å². The molecule has 11 heteroatoms. The molecule has 0 aliphatic heterocycles. The summed E-state index contributed by atoms with van der Waals surface area (Å²) < 4.78 is 50.7. The van der Waals surface area contributed by atoms with Crippen molar-refractivity contribution in [2.75, 3.05) is 19.5 Å². The van der Waals surface area contributed by atoms with Gasteiger partial charge in [-0.15, -0.1) is 0 Å². The summed E-state index contributed by atoms with van der Waals surface area (Å²) in [7, 11) is -1.88. The van der Waals surface area contributed by atoms with Gasteiger partial charge in [0.1, 0.15) is 11.6 Å². The zero-order valence-corrected chi connectivity index (χ0v) is 19.8. The van der Waals surface area contributed by atoms with Gasteiger partial charge in [0, 0.05) is 23.9 Å². The highest BCUT2D eigenvalue weighted by Crippen LogP contribution is 2.35. The Morgan fingerprint density at radius 2 is 1.71 bits per heavy atom. The van der Waals surface area contributed by atoms with Crippen molar-refractivity contribution in [1.82, 2.24) is 14.6 Å². The lowest BCUT2D eigenvalue weighted by Gasteiger charge is -2.11. The standard InChI is InChI=1S/C23H23FN4O5S/c1-14-11-21(25-13-16-5-8-18(9-6-16)33-34(24,29)30)28-23(26-14)22(15(2)27-28)17-7-10-19(31-3)20(12-17)32-4/h5-12,25H,13H2,1-4H3. The molecule has 2 heterocycles. The van der Waals surface area contributed by atoms with E-state index in [0.717, 1.165) is 33.9 Å². The summed E-state index contributed by atoms with van der Waals surface area (Å²) in [5.74, 6) is 1.87. The Morgan fingerprint density at radius 1 is 1.00 bits per heavy atom. The van der Waals surface area contributed by atoms with Crippen molar-refractivity contribution in [3.8, 4) is 28.4 Å². The maximum atomic E-state index is 12.7. The van der Waals surface area contributed by atoms with Crippen molar-refractivity contribution in [1.29, 1.82) is 0 Å². The molecule has 1 N–H and O–H groups in total. The van der Waals surface area contributed by atoms with Crippen LogP contribution in [0.3, 0.4) is 0 Å². The first-order valence-electron chi connectivity index (χ1n) is 10.2. The molecule has 0 saturated heterocycles. The van der Waals surface area contributed by atoms with E-state index < -0.39 is 10.5 Å². The minimum atomic E-state index is -5.06. The molecule has 0 bridgehead atoms. The number of rotatable bonds is 8. The SMILES string of the molecule is COc1ccc(-c2c(C)nn3c(NCc4ccc(OS(=O)(=O)F)cc4)cc(C)nc23)cc1OC. The van der Waals surface area contributed by atoms with Crippen molar-refractivity contribution in [3.63, 3.8) is 0 Å². The smallest absolute Gasteiger partial charge is 0.488 e. The van der Waals surface area contributed by atoms with Crippen molar-refractivity contribution in [2.24, 2.45) is 0 Å². The molecule has 0 aliphatic carbocycles. The first-order chi connectivity index (χ1) is 16.2. The summed E-state index contributed by atoms with van der Waals surface area (Å²) in [4.78, 5) is 4.71. The Morgan fingerprint density at radius 3 is 2.35 bits per heavy atom. The monoisotopic (exact) mass is 486 g/mol. The molecule has 178 valence electrons. The Balaban J connectivity index is 1.65. The number of ether oxygens (including phenoxy) is 2. The molecule has 0 spiro atoms. The Labute approximate surface area is 196 Å². The molecule has 0 saturated carbocycles. The summed E-state index contributed by atoms with van der Waals surface area (Å²) in [6.07, 6.45) is 0. The van der Waals surface area contributed by atoms with Crippen LogP contribution < -0.4 is 19.0 Å². The summed E-state index contributed by atoms with van der Waals surface area (Å²) in [6, 6.07) is 13.6. The van der Waals surface area contributed by atoms with Gasteiger partial charge >= 0.3 is 10.5 Å². The Hall–Kier alpha value is -3.86. The molecule has 0 atom stereocenters. The van der Waals surface area contributed by atoms with Crippen LogP contribution in [0, 0.1) is 13.8 Å². The maximum absolute atomic E-state index is 12.7. The molecule has 9 nitrogen and oxygen atoms in total. The average Bonchev–Trinajstić information content (AvgIpc) is 3.12. The van der Waals surface area contributed by atoms with Crippen LogP contribution in [0.25, 0.3) is 16.8 Å². The van der Waals surface area contributed by atoms with Crippen LogP contribution >= 0.6 is 0 Å². The van der Waals surface area contributed by atoms with Crippen LogP contribution in [-0.4, -0.2) is 37.2 Å². The van der Waals surface area contributed by atoms with E-state index in [2.05, 4.69) is 14.6 Å². The molecule has 0 amide bonds. The van der Waals surface area contributed by atoms with Crippen LogP contribution in [0.5, 0.6) is 17.2 Å². The third-order valence-electron chi connectivity index (χ3n) is 5.16. The number of aryl methyl sites for hydroxylation is 2. The second kappa shape index (κ2) is 9.18. The van der Waals surface area contributed by atoms with E-state index in [1.807, 2.05) is 38.1 Å². The van der Waals surface area contributed by atoms with Crippen molar-refractivity contribution in [2.45, 2.75) is 20.4 Å². The van der Waals surface area contributed by atoms with Crippen LogP contribution in [-0.2, 0) is 17.0 Å². The van der Waals surface area contributed by atoms with Gasteiger partial charge in [-0.25, -0.2) is 4.98 Å². The fourth-order valence-corrected chi connectivity index (χ4v) is 4.01. The highest BCUT2D eigenvalue weighted by Gasteiger charge is 2.18. The van der Waals surface area contributed by atoms with E-state index in [4.69, 9.17) is 14.5 Å². The maximum Gasteiger partial charge on any atom is 0.488 e. The number of halogens is 1. The Kier molecular flexibility index (Phi) is 6.29. The quantitative estimate of drug-likeness (QED) is 0.369. The zero-order chi connectivity index (χ0) is 24.5. The van der Waals surface area contributed by atoms with Gasteiger partial charge in [0.2, 0.25) is 0 Å². The third-order valence-corrected chi connectivity index (χ3v) is 5.55. The Bertz CT molecular complexity index is 1450. The van der Waals surface area contributed by atoms with Crippen LogP contribution in [0.1, 0.15) is 17.0 Å². The van der Waals surface area contributed by atoms with Gasteiger partial charge in [-0.1, -0.05) is 22.1 Å². The minimum Gasteiger partial charge on any atom is -0.493 e. The number of hydrogen-bond donors (Lipinski definition) is 1. The lowest BCUT2D eigenvalue weighted by atomic mass is 10.1. The summed E-state index contributed by atoms with van der Waals surface area (Å²) in [5, 5.41) is 8.01. The molecule has 2 aromatic heterocycles. The lowest BCUT2D eigenvalue weighted by Crippen LogP contribution is -2.07. The predicted octanol–water partition coefficient (Wildman–Crippen LogP) is 4.24.